The molecule has 1 aliphatic rings. The van der Waals surface area contributed by atoms with Crippen molar-refractivity contribution >= 4 is 0 Å². The number of nitrogens with one attached hydrogen (secondary N) is 1. The lowest BCUT2D eigenvalue weighted by Gasteiger charge is -2.32. The van der Waals surface area contributed by atoms with E-state index in [4.69, 9.17) is 9.15 Å². The lowest BCUT2D eigenvalue weighted by Crippen LogP contribution is -2.42. The molecule has 1 aromatic rings. The van der Waals surface area contributed by atoms with Gasteiger partial charge in [0.05, 0.1) is 26.3 Å². The van der Waals surface area contributed by atoms with Gasteiger partial charge in [0.2, 0.25) is 0 Å². The molecule has 0 amide bonds. The van der Waals surface area contributed by atoms with Crippen LogP contribution in [0.1, 0.15) is 25.4 Å². The van der Waals surface area contributed by atoms with Crippen molar-refractivity contribution in [2.45, 2.75) is 33.0 Å². The fraction of sp³-hybridized carbons (Fsp3) is 0.692. The largest absolute Gasteiger partial charge is 0.463 e. The number of hydrogen-bond acceptors (Lipinski definition) is 4. The van der Waals surface area contributed by atoms with Crippen molar-refractivity contribution in [1.29, 1.82) is 0 Å². The van der Waals surface area contributed by atoms with Crippen molar-refractivity contribution in [3.63, 3.8) is 0 Å². The van der Waals surface area contributed by atoms with Gasteiger partial charge >= 0.3 is 0 Å². The van der Waals surface area contributed by atoms with Crippen LogP contribution in [0.2, 0.25) is 0 Å². The summed E-state index contributed by atoms with van der Waals surface area (Å²) in [4.78, 5) is 2.40. The van der Waals surface area contributed by atoms with Crippen LogP contribution in [0.15, 0.2) is 16.5 Å². The predicted molar refractivity (Wildman–Crippen MR) is 66.8 cm³/mol. The van der Waals surface area contributed by atoms with Gasteiger partial charge in [-0.3, -0.25) is 4.90 Å². The molecular formula is C13H22N2O2. The zero-order valence-electron chi connectivity index (χ0n) is 10.7. The van der Waals surface area contributed by atoms with Crippen LogP contribution in [0.4, 0.5) is 0 Å². The molecule has 1 N–H and O–H groups in total. The first-order valence-electron chi connectivity index (χ1n) is 6.39. The van der Waals surface area contributed by atoms with Crippen LogP contribution in [0.3, 0.4) is 0 Å². The molecule has 0 saturated carbocycles. The Kier molecular flexibility index (Phi) is 4.59. The van der Waals surface area contributed by atoms with E-state index >= 15 is 0 Å². The molecule has 2 rings (SSSR count). The lowest BCUT2D eigenvalue weighted by molar-refractivity contribution is -0.00722. The zero-order valence-corrected chi connectivity index (χ0v) is 10.7. The molecule has 1 saturated heterocycles. The Balaban J connectivity index is 1.87. The summed E-state index contributed by atoms with van der Waals surface area (Å²) in [6.45, 7) is 9.61. The molecule has 0 aromatic carbocycles. The monoisotopic (exact) mass is 238 g/mol. The van der Waals surface area contributed by atoms with Crippen LogP contribution >= 0.6 is 0 Å². The van der Waals surface area contributed by atoms with Gasteiger partial charge in [-0.15, -0.1) is 0 Å². The Morgan fingerprint density at radius 3 is 3.00 bits per heavy atom. The Bertz CT molecular complexity index is 338. The molecule has 4 heteroatoms. The fourth-order valence-corrected chi connectivity index (χ4v) is 2.05. The van der Waals surface area contributed by atoms with Crippen molar-refractivity contribution in [3.8, 4) is 0 Å². The van der Waals surface area contributed by atoms with Crippen molar-refractivity contribution in [2.75, 3.05) is 26.3 Å². The van der Waals surface area contributed by atoms with E-state index in [2.05, 4.69) is 36.2 Å². The van der Waals surface area contributed by atoms with Crippen LogP contribution < -0.4 is 5.32 Å². The third kappa shape index (κ3) is 3.56. The van der Waals surface area contributed by atoms with Crippen molar-refractivity contribution in [3.05, 3.63) is 23.7 Å². The van der Waals surface area contributed by atoms with Crippen LogP contribution in [0.25, 0.3) is 0 Å². The van der Waals surface area contributed by atoms with Gasteiger partial charge in [0, 0.05) is 12.6 Å². The minimum Gasteiger partial charge on any atom is -0.463 e. The Morgan fingerprint density at radius 1 is 1.41 bits per heavy atom. The van der Waals surface area contributed by atoms with E-state index in [0.717, 1.165) is 50.9 Å². The highest BCUT2D eigenvalue weighted by Crippen LogP contribution is 2.14. The average Bonchev–Trinajstić information content (AvgIpc) is 2.77. The van der Waals surface area contributed by atoms with Crippen LogP contribution in [-0.4, -0.2) is 37.2 Å². The highest BCUT2D eigenvalue weighted by molar-refractivity contribution is 5.07. The van der Waals surface area contributed by atoms with Gasteiger partial charge in [-0.2, -0.15) is 0 Å². The highest BCUT2D eigenvalue weighted by atomic mass is 16.5. The van der Waals surface area contributed by atoms with E-state index in [9.17, 15) is 0 Å². The summed E-state index contributed by atoms with van der Waals surface area (Å²) in [5, 5.41) is 3.26. The Hall–Kier alpha value is -0.840. The Labute approximate surface area is 103 Å². The SMILES string of the molecule is CCNCc1ccc(CN2CCOCC2C)o1. The molecule has 0 spiro atoms. The first-order valence-corrected chi connectivity index (χ1v) is 6.39. The van der Waals surface area contributed by atoms with E-state index in [1.165, 1.54) is 0 Å². The quantitative estimate of drug-likeness (QED) is 0.845. The van der Waals surface area contributed by atoms with Gasteiger partial charge in [0.1, 0.15) is 11.5 Å². The van der Waals surface area contributed by atoms with Gasteiger partial charge < -0.3 is 14.5 Å². The molecule has 4 nitrogen and oxygen atoms in total. The third-order valence-corrected chi connectivity index (χ3v) is 3.13. The van der Waals surface area contributed by atoms with Gasteiger partial charge in [-0.05, 0) is 25.6 Å². The van der Waals surface area contributed by atoms with Gasteiger partial charge in [0.25, 0.3) is 0 Å². The average molecular weight is 238 g/mol. The highest BCUT2D eigenvalue weighted by Gasteiger charge is 2.19. The molecule has 1 aromatic heterocycles. The summed E-state index contributed by atoms with van der Waals surface area (Å²) in [7, 11) is 0. The topological polar surface area (TPSA) is 37.6 Å². The molecule has 96 valence electrons. The minimum absolute atomic E-state index is 0.478. The first-order chi connectivity index (χ1) is 8.29. The van der Waals surface area contributed by atoms with E-state index in [1.807, 2.05) is 0 Å². The molecule has 1 unspecified atom stereocenters. The minimum atomic E-state index is 0.478. The van der Waals surface area contributed by atoms with E-state index < -0.39 is 0 Å². The smallest absolute Gasteiger partial charge is 0.118 e. The fourth-order valence-electron chi connectivity index (χ4n) is 2.05. The summed E-state index contributed by atoms with van der Waals surface area (Å²) < 4.78 is 11.2. The predicted octanol–water partition coefficient (Wildman–Crippen LogP) is 1.61. The maximum Gasteiger partial charge on any atom is 0.118 e. The summed E-state index contributed by atoms with van der Waals surface area (Å²) in [5.74, 6) is 2.06. The van der Waals surface area contributed by atoms with E-state index in [1.54, 1.807) is 0 Å². The molecule has 1 atom stereocenters. The molecular weight excluding hydrogens is 216 g/mol. The molecule has 1 aliphatic heterocycles. The second-order valence-electron chi connectivity index (χ2n) is 4.54. The molecule has 17 heavy (non-hydrogen) atoms. The second-order valence-corrected chi connectivity index (χ2v) is 4.54. The molecule has 2 heterocycles. The number of rotatable bonds is 5. The normalized spacial score (nSPS) is 21.9. The van der Waals surface area contributed by atoms with Crippen LogP contribution in [-0.2, 0) is 17.8 Å². The summed E-state index contributed by atoms with van der Waals surface area (Å²) in [6, 6.07) is 4.61. The van der Waals surface area contributed by atoms with Crippen molar-refractivity contribution in [1.82, 2.24) is 10.2 Å². The van der Waals surface area contributed by atoms with Gasteiger partial charge in [0.15, 0.2) is 0 Å². The summed E-state index contributed by atoms with van der Waals surface area (Å²) in [5.41, 5.74) is 0. The number of ether oxygens (including phenoxy) is 1. The molecule has 0 aliphatic carbocycles. The lowest BCUT2D eigenvalue weighted by atomic mass is 10.2. The standard InChI is InChI=1S/C13H22N2O2/c1-3-14-8-12-4-5-13(17-12)9-15-6-7-16-10-11(15)2/h4-5,11,14H,3,6-10H2,1-2H3. The number of morpholine rings is 1. The van der Waals surface area contributed by atoms with Gasteiger partial charge in [-0.1, -0.05) is 6.92 Å². The molecule has 1 fully saturated rings. The van der Waals surface area contributed by atoms with Crippen LogP contribution in [0.5, 0.6) is 0 Å². The van der Waals surface area contributed by atoms with Gasteiger partial charge in [-0.25, -0.2) is 0 Å². The Morgan fingerprint density at radius 2 is 2.24 bits per heavy atom. The first kappa shape index (κ1) is 12.6. The van der Waals surface area contributed by atoms with E-state index in [-0.39, 0.29) is 0 Å². The zero-order chi connectivity index (χ0) is 12.1. The van der Waals surface area contributed by atoms with Crippen LogP contribution in [0, 0.1) is 0 Å². The number of nitrogens with zero attached hydrogens (tertiary/aromatic N) is 1. The number of furan rings is 1. The van der Waals surface area contributed by atoms with Crippen molar-refractivity contribution in [2.24, 2.45) is 0 Å². The molecule has 0 radical (unpaired) electrons. The van der Waals surface area contributed by atoms with E-state index in [0.29, 0.717) is 6.04 Å². The number of hydrogen-bond donors (Lipinski definition) is 1. The summed E-state index contributed by atoms with van der Waals surface area (Å²) >= 11 is 0. The molecule has 0 bridgehead atoms. The van der Waals surface area contributed by atoms with Crippen molar-refractivity contribution < 1.29 is 9.15 Å². The summed E-state index contributed by atoms with van der Waals surface area (Å²) in [6.07, 6.45) is 0. The maximum absolute atomic E-state index is 5.79. The maximum atomic E-state index is 5.79. The second kappa shape index (κ2) is 6.19. The third-order valence-electron chi connectivity index (χ3n) is 3.13.